The van der Waals surface area contributed by atoms with E-state index in [1.165, 1.54) is 0 Å². The van der Waals surface area contributed by atoms with Crippen molar-refractivity contribution in [3.8, 4) is 0 Å². The van der Waals surface area contributed by atoms with Crippen LogP contribution in [0.1, 0.15) is 31.7 Å². The van der Waals surface area contributed by atoms with Crippen LogP contribution in [0.5, 0.6) is 0 Å². The second-order valence-electron chi connectivity index (χ2n) is 4.73. The Morgan fingerprint density at radius 2 is 2.05 bits per heavy atom. The monoisotopic (exact) mass is 257 g/mol. The molecule has 2 unspecified atom stereocenters. The summed E-state index contributed by atoms with van der Waals surface area (Å²) in [4.78, 5) is 12.5. The van der Waals surface area contributed by atoms with Gasteiger partial charge in [0, 0.05) is 6.07 Å². The first-order chi connectivity index (χ1) is 9.22. The van der Waals surface area contributed by atoms with Crippen molar-refractivity contribution in [2.75, 3.05) is 5.32 Å². The van der Waals surface area contributed by atoms with Crippen LogP contribution in [0.4, 0.5) is 5.82 Å². The SMILES string of the molecule is CCC(C)C(C(=O)Nc1ccn[nH]1)c1ccccc1. The number of H-pyrrole nitrogens is 1. The Morgan fingerprint density at radius 3 is 2.63 bits per heavy atom. The van der Waals surface area contributed by atoms with Gasteiger partial charge in [-0.25, -0.2) is 0 Å². The molecule has 0 aliphatic heterocycles. The number of anilines is 1. The summed E-state index contributed by atoms with van der Waals surface area (Å²) in [7, 11) is 0. The van der Waals surface area contributed by atoms with E-state index in [0.29, 0.717) is 5.82 Å². The van der Waals surface area contributed by atoms with Gasteiger partial charge in [-0.2, -0.15) is 5.10 Å². The molecule has 0 fully saturated rings. The lowest BCUT2D eigenvalue weighted by molar-refractivity contribution is -0.118. The van der Waals surface area contributed by atoms with E-state index in [-0.39, 0.29) is 17.7 Å². The number of aromatic amines is 1. The van der Waals surface area contributed by atoms with E-state index >= 15 is 0 Å². The first-order valence-corrected chi connectivity index (χ1v) is 6.57. The molecule has 2 aromatic rings. The summed E-state index contributed by atoms with van der Waals surface area (Å²) >= 11 is 0. The van der Waals surface area contributed by atoms with Crippen LogP contribution in [-0.2, 0) is 4.79 Å². The molecular weight excluding hydrogens is 238 g/mol. The molecule has 0 aliphatic rings. The molecule has 4 heteroatoms. The highest BCUT2D eigenvalue weighted by molar-refractivity contribution is 5.95. The van der Waals surface area contributed by atoms with Crippen LogP contribution < -0.4 is 5.32 Å². The predicted molar refractivity (Wildman–Crippen MR) is 75.9 cm³/mol. The van der Waals surface area contributed by atoms with Crippen molar-refractivity contribution in [3.63, 3.8) is 0 Å². The van der Waals surface area contributed by atoms with Gasteiger partial charge in [-0.1, -0.05) is 50.6 Å². The Bertz CT molecular complexity index is 507. The molecule has 2 atom stereocenters. The summed E-state index contributed by atoms with van der Waals surface area (Å²) in [5, 5.41) is 9.46. The van der Waals surface area contributed by atoms with Crippen molar-refractivity contribution in [2.45, 2.75) is 26.2 Å². The maximum atomic E-state index is 12.5. The minimum atomic E-state index is -0.144. The third-order valence-corrected chi connectivity index (χ3v) is 3.41. The largest absolute Gasteiger partial charge is 0.311 e. The van der Waals surface area contributed by atoms with Crippen LogP contribution in [0.25, 0.3) is 0 Å². The number of carbonyl (C=O) groups excluding carboxylic acids is 1. The van der Waals surface area contributed by atoms with Crippen LogP contribution in [-0.4, -0.2) is 16.1 Å². The lowest BCUT2D eigenvalue weighted by Crippen LogP contribution is -2.26. The Morgan fingerprint density at radius 1 is 1.32 bits per heavy atom. The lowest BCUT2D eigenvalue weighted by Gasteiger charge is -2.22. The number of nitrogens with one attached hydrogen (secondary N) is 2. The topological polar surface area (TPSA) is 57.8 Å². The number of benzene rings is 1. The second-order valence-corrected chi connectivity index (χ2v) is 4.73. The van der Waals surface area contributed by atoms with E-state index in [9.17, 15) is 4.79 Å². The Kier molecular flexibility index (Phi) is 4.34. The Labute approximate surface area is 113 Å². The van der Waals surface area contributed by atoms with Gasteiger partial charge in [0.15, 0.2) is 0 Å². The van der Waals surface area contributed by atoms with Crippen molar-refractivity contribution in [1.82, 2.24) is 10.2 Å². The van der Waals surface area contributed by atoms with Crippen molar-refractivity contribution in [2.24, 2.45) is 5.92 Å². The van der Waals surface area contributed by atoms with Crippen LogP contribution in [0.2, 0.25) is 0 Å². The summed E-state index contributed by atoms with van der Waals surface area (Å²) in [5.74, 6) is 0.777. The summed E-state index contributed by atoms with van der Waals surface area (Å²) in [6.45, 7) is 4.20. The number of aromatic nitrogens is 2. The molecule has 1 aromatic carbocycles. The molecule has 0 radical (unpaired) electrons. The van der Waals surface area contributed by atoms with Crippen molar-refractivity contribution in [3.05, 3.63) is 48.2 Å². The fraction of sp³-hybridized carbons (Fsp3) is 0.333. The van der Waals surface area contributed by atoms with E-state index in [1.807, 2.05) is 30.3 Å². The van der Waals surface area contributed by atoms with E-state index < -0.39 is 0 Å². The molecule has 1 heterocycles. The third-order valence-electron chi connectivity index (χ3n) is 3.41. The predicted octanol–water partition coefficient (Wildman–Crippen LogP) is 3.18. The van der Waals surface area contributed by atoms with Gasteiger partial charge in [-0.05, 0) is 11.5 Å². The van der Waals surface area contributed by atoms with Crippen molar-refractivity contribution in [1.29, 1.82) is 0 Å². The molecule has 0 spiro atoms. The minimum absolute atomic E-state index is 0.00444. The zero-order chi connectivity index (χ0) is 13.7. The molecule has 1 aromatic heterocycles. The molecule has 100 valence electrons. The van der Waals surface area contributed by atoms with E-state index in [0.717, 1.165) is 12.0 Å². The third kappa shape index (κ3) is 3.22. The normalized spacial score (nSPS) is 13.8. The van der Waals surface area contributed by atoms with Gasteiger partial charge in [0.05, 0.1) is 12.1 Å². The molecule has 19 heavy (non-hydrogen) atoms. The maximum absolute atomic E-state index is 12.5. The quantitative estimate of drug-likeness (QED) is 0.864. The molecule has 1 amide bonds. The number of hydrogen-bond acceptors (Lipinski definition) is 2. The fourth-order valence-corrected chi connectivity index (χ4v) is 2.17. The van der Waals surface area contributed by atoms with Gasteiger partial charge in [0.1, 0.15) is 5.82 Å². The molecule has 0 aliphatic carbocycles. The highest BCUT2D eigenvalue weighted by atomic mass is 16.2. The van der Waals surface area contributed by atoms with Crippen LogP contribution in [0, 0.1) is 5.92 Å². The first-order valence-electron chi connectivity index (χ1n) is 6.57. The van der Waals surface area contributed by atoms with Crippen molar-refractivity contribution >= 4 is 11.7 Å². The van der Waals surface area contributed by atoms with Gasteiger partial charge in [0.25, 0.3) is 0 Å². The highest BCUT2D eigenvalue weighted by Gasteiger charge is 2.25. The average Bonchev–Trinajstić information content (AvgIpc) is 2.93. The van der Waals surface area contributed by atoms with E-state index in [2.05, 4.69) is 29.4 Å². The van der Waals surface area contributed by atoms with Crippen LogP contribution in [0.3, 0.4) is 0 Å². The molecule has 2 N–H and O–H groups in total. The smallest absolute Gasteiger partial charge is 0.233 e. The molecule has 0 bridgehead atoms. The standard InChI is InChI=1S/C15H19N3O/c1-3-11(2)14(12-7-5-4-6-8-12)15(19)17-13-9-10-16-18-13/h4-11,14H,3H2,1-2H3,(H2,16,17,18,19). The number of carbonyl (C=O) groups is 1. The van der Waals surface area contributed by atoms with Gasteiger partial charge < -0.3 is 5.32 Å². The Balaban J connectivity index is 2.20. The molecular formula is C15H19N3O. The molecule has 0 saturated carbocycles. The summed E-state index contributed by atoms with van der Waals surface area (Å²) < 4.78 is 0. The zero-order valence-electron chi connectivity index (χ0n) is 11.3. The van der Waals surface area contributed by atoms with Crippen LogP contribution in [0.15, 0.2) is 42.6 Å². The molecule has 4 nitrogen and oxygen atoms in total. The summed E-state index contributed by atoms with van der Waals surface area (Å²) in [5.41, 5.74) is 1.05. The van der Waals surface area contributed by atoms with E-state index in [1.54, 1.807) is 12.3 Å². The number of rotatable bonds is 5. The number of amides is 1. The van der Waals surface area contributed by atoms with Gasteiger partial charge in [-0.3, -0.25) is 9.89 Å². The van der Waals surface area contributed by atoms with Gasteiger partial charge >= 0.3 is 0 Å². The van der Waals surface area contributed by atoms with Gasteiger partial charge in [-0.15, -0.1) is 0 Å². The highest BCUT2D eigenvalue weighted by Crippen LogP contribution is 2.28. The van der Waals surface area contributed by atoms with E-state index in [4.69, 9.17) is 0 Å². The maximum Gasteiger partial charge on any atom is 0.233 e. The molecule has 0 saturated heterocycles. The van der Waals surface area contributed by atoms with Crippen LogP contribution >= 0.6 is 0 Å². The zero-order valence-corrected chi connectivity index (χ0v) is 11.3. The fourth-order valence-electron chi connectivity index (χ4n) is 2.17. The van der Waals surface area contributed by atoms with Crippen molar-refractivity contribution < 1.29 is 4.79 Å². The Hall–Kier alpha value is -2.10. The average molecular weight is 257 g/mol. The molecule has 2 rings (SSSR count). The lowest BCUT2D eigenvalue weighted by atomic mass is 9.85. The second kappa shape index (κ2) is 6.18. The summed E-state index contributed by atoms with van der Waals surface area (Å²) in [6, 6.07) is 11.6. The summed E-state index contributed by atoms with van der Waals surface area (Å²) in [6.07, 6.45) is 2.58. The van der Waals surface area contributed by atoms with Gasteiger partial charge in [0.2, 0.25) is 5.91 Å². The first kappa shape index (κ1) is 13.3. The number of hydrogen-bond donors (Lipinski definition) is 2. The minimum Gasteiger partial charge on any atom is -0.311 e. The number of nitrogens with zero attached hydrogens (tertiary/aromatic N) is 1.